The van der Waals surface area contributed by atoms with Gasteiger partial charge in [-0.05, 0) is 38.6 Å². The zero-order chi connectivity index (χ0) is 10.7. The number of nitrogens with zero attached hydrogens (tertiary/aromatic N) is 1. The summed E-state index contributed by atoms with van der Waals surface area (Å²) in [5.74, 6) is 0.797. The molecular formula is C11H17N3O. The predicted molar refractivity (Wildman–Crippen MR) is 58.9 cm³/mol. The topological polar surface area (TPSA) is 71.8 Å². The Balaban J connectivity index is 2.28. The summed E-state index contributed by atoms with van der Waals surface area (Å²) in [5.41, 5.74) is 7.41. The van der Waals surface area contributed by atoms with E-state index in [9.17, 15) is 4.79 Å². The van der Waals surface area contributed by atoms with E-state index in [0.29, 0.717) is 6.54 Å². The number of fused-ring (bicyclic) bond motifs is 1. The van der Waals surface area contributed by atoms with Crippen LogP contribution in [0.2, 0.25) is 0 Å². The van der Waals surface area contributed by atoms with Gasteiger partial charge in [-0.25, -0.2) is 4.98 Å². The van der Waals surface area contributed by atoms with Crippen LogP contribution in [0.4, 0.5) is 0 Å². The van der Waals surface area contributed by atoms with Crippen molar-refractivity contribution in [2.75, 3.05) is 6.54 Å². The van der Waals surface area contributed by atoms with E-state index in [4.69, 9.17) is 5.73 Å². The van der Waals surface area contributed by atoms with Crippen molar-refractivity contribution in [2.45, 2.75) is 38.5 Å². The van der Waals surface area contributed by atoms with E-state index in [1.54, 1.807) is 0 Å². The zero-order valence-corrected chi connectivity index (χ0v) is 8.88. The fourth-order valence-corrected chi connectivity index (χ4v) is 2.04. The predicted octanol–water partition coefficient (Wildman–Crippen LogP) is 0.540. The van der Waals surface area contributed by atoms with Crippen LogP contribution in [0, 0.1) is 0 Å². The molecule has 1 aliphatic rings. The van der Waals surface area contributed by atoms with E-state index in [1.165, 1.54) is 0 Å². The fourth-order valence-electron chi connectivity index (χ4n) is 2.04. The molecule has 0 aromatic carbocycles. The van der Waals surface area contributed by atoms with Gasteiger partial charge in [0, 0.05) is 12.0 Å². The minimum Gasteiger partial charge on any atom is -0.330 e. The van der Waals surface area contributed by atoms with Crippen molar-refractivity contribution in [3.8, 4) is 0 Å². The third kappa shape index (κ3) is 2.26. The van der Waals surface area contributed by atoms with Gasteiger partial charge in [0.1, 0.15) is 5.82 Å². The Kier molecular flexibility index (Phi) is 3.16. The first kappa shape index (κ1) is 10.4. The van der Waals surface area contributed by atoms with Gasteiger partial charge in [0.25, 0.3) is 5.56 Å². The van der Waals surface area contributed by atoms with E-state index in [2.05, 4.69) is 9.97 Å². The van der Waals surface area contributed by atoms with Crippen LogP contribution >= 0.6 is 0 Å². The summed E-state index contributed by atoms with van der Waals surface area (Å²) in [4.78, 5) is 19.1. The minimum absolute atomic E-state index is 0.0618. The van der Waals surface area contributed by atoms with Crippen molar-refractivity contribution in [2.24, 2.45) is 5.73 Å². The highest BCUT2D eigenvalue weighted by atomic mass is 16.1. The SMILES string of the molecule is NCCCc1nc2c(c(=O)[nH]1)CCCC2. The van der Waals surface area contributed by atoms with Gasteiger partial charge in [0.05, 0.1) is 5.69 Å². The Hall–Kier alpha value is -1.16. The lowest BCUT2D eigenvalue weighted by molar-refractivity contribution is 0.641. The van der Waals surface area contributed by atoms with Crippen LogP contribution in [0.5, 0.6) is 0 Å². The maximum atomic E-state index is 11.7. The van der Waals surface area contributed by atoms with Gasteiger partial charge in [-0.1, -0.05) is 0 Å². The van der Waals surface area contributed by atoms with E-state index in [1.807, 2.05) is 0 Å². The molecule has 3 N–H and O–H groups in total. The molecule has 4 nitrogen and oxygen atoms in total. The third-order valence-electron chi connectivity index (χ3n) is 2.86. The quantitative estimate of drug-likeness (QED) is 0.760. The van der Waals surface area contributed by atoms with Crippen LogP contribution in [0.25, 0.3) is 0 Å². The molecule has 0 radical (unpaired) electrons. The van der Waals surface area contributed by atoms with Crippen LogP contribution in [0.3, 0.4) is 0 Å². The van der Waals surface area contributed by atoms with E-state index in [-0.39, 0.29) is 5.56 Å². The summed E-state index contributed by atoms with van der Waals surface area (Å²) in [6.45, 7) is 0.640. The number of aromatic nitrogens is 2. The second kappa shape index (κ2) is 4.57. The molecule has 0 saturated carbocycles. The summed E-state index contributed by atoms with van der Waals surface area (Å²) in [7, 11) is 0. The molecule has 15 heavy (non-hydrogen) atoms. The summed E-state index contributed by atoms with van der Waals surface area (Å²) in [6, 6.07) is 0. The van der Waals surface area contributed by atoms with Crippen molar-refractivity contribution in [1.29, 1.82) is 0 Å². The minimum atomic E-state index is 0.0618. The molecule has 0 atom stereocenters. The average Bonchev–Trinajstić information content (AvgIpc) is 2.26. The average molecular weight is 207 g/mol. The Labute approximate surface area is 88.9 Å². The first-order valence-electron chi connectivity index (χ1n) is 5.62. The molecule has 1 aromatic rings. The molecule has 0 unspecified atom stereocenters. The van der Waals surface area contributed by atoms with Crippen LogP contribution in [-0.2, 0) is 19.3 Å². The molecule has 0 fully saturated rings. The molecule has 1 aliphatic carbocycles. The maximum absolute atomic E-state index is 11.7. The van der Waals surface area contributed by atoms with Crippen LogP contribution in [-0.4, -0.2) is 16.5 Å². The smallest absolute Gasteiger partial charge is 0.254 e. The Morgan fingerprint density at radius 2 is 2.13 bits per heavy atom. The molecule has 2 rings (SSSR count). The summed E-state index contributed by atoms with van der Waals surface area (Å²) < 4.78 is 0. The van der Waals surface area contributed by atoms with E-state index in [0.717, 1.165) is 55.6 Å². The second-order valence-corrected chi connectivity index (χ2v) is 4.04. The largest absolute Gasteiger partial charge is 0.330 e. The molecule has 0 spiro atoms. The summed E-state index contributed by atoms with van der Waals surface area (Å²) >= 11 is 0. The van der Waals surface area contributed by atoms with Gasteiger partial charge in [0.2, 0.25) is 0 Å². The third-order valence-corrected chi connectivity index (χ3v) is 2.86. The maximum Gasteiger partial charge on any atom is 0.254 e. The Morgan fingerprint density at radius 3 is 2.93 bits per heavy atom. The first-order valence-corrected chi connectivity index (χ1v) is 5.62. The lowest BCUT2D eigenvalue weighted by Gasteiger charge is -2.14. The highest BCUT2D eigenvalue weighted by molar-refractivity contribution is 5.20. The van der Waals surface area contributed by atoms with Crippen molar-refractivity contribution >= 4 is 0 Å². The molecule has 1 aromatic heterocycles. The second-order valence-electron chi connectivity index (χ2n) is 4.04. The van der Waals surface area contributed by atoms with E-state index >= 15 is 0 Å². The van der Waals surface area contributed by atoms with Crippen LogP contribution in [0.15, 0.2) is 4.79 Å². The number of hydrogen-bond acceptors (Lipinski definition) is 3. The van der Waals surface area contributed by atoms with Crippen LogP contribution < -0.4 is 11.3 Å². The highest BCUT2D eigenvalue weighted by Gasteiger charge is 2.14. The summed E-state index contributed by atoms with van der Waals surface area (Å²) in [5, 5.41) is 0. The monoisotopic (exact) mass is 207 g/mol. The standard InChI is InChI=1S/C11H17N3O/c12-7-3-6-10-13-9-5-2-1-4-8(9)11(15)14-10/h1-7,12H2,(H,13,14,15). The number of nitrogens with two attached hydrogens (primary N) is 1. The number of hydrogen-bond donors (Lipinski definition) is 2. The molecule has 0 amide bonds. The molecular weight excluding hydrogens is 190 g/mol. The zero-order valence-electron chi connectivity index (χ0n) is 8.88. The van der Waals surface area contributed by atoms with Crippen molar-refractivity contribution in [3.05, 3.63) is 27.4 Å². The van der Waals surface area contributed by atoms with Crippen molar-refractivity contribution in [1.82, 2.24) is 9.97 Å². The van der Waals surface area contributed by atoms with Crippen LogP contribution in [0.1, 0.15) is 36.3 Å². The number of aryl methyl sites for hydroxylation is 2. The lowest BCUT2D eigenvalue weighted by atomic mass is 9.97. The van der Waals surface area contributed by atoms with Gasteiger partial charge >= 0.3 is 0 Å². The molecule has 82 valence electrons. The molecule has 1 heterocycles. The van der Waals surface area contributed by atoms with E-state index < -0.39 is 0 Å². The molecule has 0 aliphatic heterocycles. The van der Waals surface area contributed by atoms with Gasteiger partial charge in [-0.2, -0.15) is 0 Å². The highest BCUT2D eigenvalue weighted by Crippen LogP contribution is 2.15. The van der Waals surface area contributed by atoms with Gasteiger partial charge < -0.3 is 10.7 Å². The molecule has 0 saturated heterocycles. The normalized spacial score (nSPS) is 15.0. The number of H-pyrrole nitrogens is 1. The molecule has 0 bridgehead atoms. The Bertz CT molecular complexity index is 397. The summed E-state index contributed by atoms with van der Waals surface area (Å²) in [6.07, 6.45) is 5.75. The lowest BCUT2D eigenvalue weighted by Crippen LogP contribution is -2.23. The number of aromatic amines is 1. The first-order chi connectivity index (χ1) is 7.31. The van der Waals surface area contributed by atoms with Gasteiger partial charge in [0.15, 0.2) is 0 Å². The molecule has 4 heteroatoms. The van der Waals surface area contributed by atoms with Gasteiger partial charge in [-0.3, -0.25) is 4.79 Å². The Morgan fingerprint density at radius 1 is 1.33 bits per heavy atom. The van der Waals surface area contributed by atoms with Crippen molar-refractivity contribution in [3.63, 3.8) is 0 Å². The fraction of sp³-hybridized carbons (Fsp3) is 0.636. The number of nitrogens with one attached hydrogen (secondary N) is 1. The van der Waals surface area contributed by atoms with Crippen molar-refractivity contribution < 1.29 is 0 Å². The number of rotatable bonds is 3. The van der Waals surface area contributed by atoms with Gasteiger partial charge in [-0.15, -0.1) is 0 Å².